The molecule has 0 aliphatic rings. The van der Waals surface area contributed by atoms with Gasteiger partial charge in [0, 0.05) is 50.4 Å². The van der Waals surface area contributed by atoms with Crippen molar-refractivity contribution >= 4 is 79.1 Å². The molecule has 0 radical (unpaired) electrons. The third-order valence-electron chi connectivity index (χ3n) is 9.61. The van der Waals surface area contributed by atoms with Crippen molar-refractivity contribution in [2.24, 2.45) is 0 Å². The summed E-state index contributed by atoms with van der Waals surface area (Å²) >= 11 is 2.71. The number of aromatic nitrogens is 8. The summed E-state index contributed by atoms with van der Waals surface area (Å²) in [6.07, 6.45) is 5.36. The number of nitrogens with zero attached hydrogens (tertiary/aromatic N) is 10. The van der Waals surface area contributed by atoms with E-state index in [9.17, 15) is 28.0 Å². The average Bonchev–Trinajstić information content (AvgIpc) is 3.89. The Morgan fingerprint density at radius 1 is 0.681 bits per heavy atom. The Kier molecular flexibility index (Phi) is 18.4. The number of carboxylic acids is 1. The molecule has 0 spiro atoms. The number of methoxy groups -OCH3 is 1. The molecule has 2 unspecified atom stereocenters. The van der Waals surface area contributed by atoms with Gasteiger partial charge in [-0.25, -0.2) is 48.3 Å². The number of esters is 1. The highest BCUT2D eigenvalue weighted by Crippen LogP contribution is 2.28. The predicted molar refractivity (Wildman–Crippen MR) is 255 cm³/mol. The summed E-state index contributed by atoms with van der Waals surface area (Å²) in [5.41, 5.74) is 0.209. The van der Waals surface area contributed by atoms with E-state index in [-0.39, 0.29) is 50.4 Å². The lowest BCUT2D eigenvalue weighted by Crippen LogP contribution is -2.44. The van der Waals surface area contributed by atoms with Crippen LogP contribution in [0.4, 0.5) is 30.0 Å². The van der Waals surface area contributed by atoms with Gasteiger partial charge in [-0.05, 0) is 79.7 Å². The molecule has 370 valence electrons. The molecule has 6 rings (SSSR count). The van der Waals surface area contributed by atoms with Crippen LogP contribution in [0, 0.1) is 11.6 Å². The van der Waals surface area contributed by atoms with Gasteiger partial charge in [-0.3, -0.25) is 19.6 Å². The van der Waals surface area contributed by atoms with E-state index in [4.69, 9.17) is 19.3 Å². The van der Waals surface area contributed by atoms with Crippen LogP contribution >= 0.6 is 22.7 Å². The number of pyridine rings is 2. The van der Waals surface area contributed by atoms with Crippen LogP contribution in [0.3, 0.4) is 0 Å². The Labute approximate surface area is 405 Å². The minimum Gasteiger partial charge on any atom is -0.481 e. The molecule has 24 heteroatoms. The summed E-state index contributed by atoms with van der Waals surface area (Å²) in [7, 11) is 1.31. The number of ether oxygens (including phenoxy) is 3. The van der Waals surface area contributed by atoms with Crippen molar-refractivity contribution in [3.63, 3.8) is 0 Å². The molecule has 0 aliphatic heterocycles. The SMILES string of the molecule is CC(CC(=O)O)N(CCc1nc2c(NCc3ncccc3F)ncnc2s1)C(=O)OC(C)(C)C.COC(=O)CC(C)N(CCc1nc2c(NCc3ncccc3F)ncnc2s1)C(=O)OC(C)(C)C. The minimum absolute atomic E-state index is 0.0409. The van der Waals surface area contributed by atoms with E-state index in [0.29, 0.717) is 50.2 Å². The zero-order valence-corrected chi connectivity index (χ0v) is 41.4. The summed E-state index contributed by atoms with van der Waals surface area (Å²) in [5.74, 6) is -1.34. The number of halogens is 2. The first-order chi connectivity index (χ1) is 32.6. The largest absolute Gasteiger partial charge is 0.481 e. The summed E-state index contributed by atoms with van der Waals surface area (Å²) in [6, 6.07) is 4.73. The lowest BCUT2D eigenvalue weighted by Gasteiger charge is -2.31. The number of anilines is 2. The molecule has 0 fully saturated rings. The average molecular weight is 995 g/mol. The molecule has 3 N–H and O–H groups in total. The quantitative estimate of drug-likeness (QED) is 0.0548. The maximum absolute atomic E-state index is 13.9. The number of aliphatic carboxylic acids is 1. The van der Waals surface area contributed by atoms with Crippen molar-refractivity contribution < 1.29 is 47.3 Å². The smallest absolute Gasteiger partial charge is 0.410 e. The van der Waals surface area contributed by atoms with Crippen LogP contribution in [0.1, 0.15) is 89.6 Å². The van der Waals surface area contributed by atoms with Crippen LogP contribution in [0.5, 0.6) is 0 Å². The second-order valence-corrected chi connectivity index (χ2v) is 19.6. The third kappa shape index (κ3) is 16.2. The van der Waals surface area contributed by atoms with Gasteiger partial charge in [-0.15, -0.1) is 0 Å². The number of carbonyl (C=O) groups is 4. The van der Waals surface area contributed by atoms with Gasteiger partial charge in [-0.2, -0.15) is 0 Å². The molecule has 20 nitrogen and oxygen atoms in total. The highest BCUT2D eigenvalue weighted by molar-refractivity contribution is 7.18. The first kappa shape index (κ1) is 53.1. The number of hydrogen-bond donors (Lipinski definition) is 3. The second kappa shape index (κ2) is 24.0. The lowest BCUT2D eigenvalue weighted by atomic mass is 10.2. The molecule has 2 amide bonds. The summed E-state index contributed by atoms with van der Waals surface area (Å²) in [5, 5.41) is 16.7. The fourth-order valence-electron chi connectivity index (χ4n) is 6.35. The number of nitrogens with one attached hydrogen (secondary N) is 2. The van der Waals surface area contributed by atoms with E-state index in [0.717, 1.165) is 5.01 Å². The number of carbonyl (C=O) groups excluding carboxylic acids is 3. The first-order valence-corrected chi connectivity index (χ1v) is 23.4. The molecular weight excluding hydrogens is 939 g/mol. The maximum Gasteiger partial charge on any atom is 0.410 e. The summed E-state index contributed by atoms with van der Waals surface area (Å²) in [4.78, 5) is 87.0. The fraction of sp³-hybridized carbons (Fsp3) is 0.467. The number of fused-ring (bicyclic) bond motifs is 2. The van der Waals surface area contributed by atoms with E-state index in [1.807, 2.05) is 0 Å². The van der Waals surface area contributed by atoms with Crippen LogP contribution in [0.25, 0.3) is 20.7 Å². The fourth-order valence-corrected chi connectivity index (χ4v) is 8.14. The molecular formula is C45H56F2N12O8S2. The van der Waals surface area contributed by atoms with Crippen LogP contribution in [-0.4, -0.2) is 122 Å². The number of hydrogen-bond acceptors (Lipinski definition) is 19. The van der Waals surface area contributed by atoms with Gasteiger partial charge in [-0.1, -0.05) is 22.7 Å². The van der Waals surface area contributed by atoms with Gasteiger partial charge in [0.1, 0.15) is 56.2 Å². The third-order valence-corrected chi connectivity index (χ3v) is 11.7. The monoisotopic (exact) mass is 994 g/mol. The molecule has 0 aromatic carbocycles. The van der Waals surface area contributed by atoms with Gasteiger partial charge in [0.25, 0.3) is 0 Å². The zero-order valence-electron chi connectivity index (χ0n) is 39.8. The predicted octanol–water partition coefficient (Wildman–Crippen LogP) is 7.84. The van der Waals surface area contributed by atoms with Gasteiger partial charge in [0.2, 0.25) is 0 Å². The standard InChI is InChI=1S/C23H29FN6O4S.C22H27FN6O4S/c1-14(11-18(31)33-5)30(22(32)34-23(2,3)4)10-8-17-29-19-20(27-13-28-21(19)35-17)26-12-16-15(24)7-6-9-25-16;1-13(10-17(30)31)29(21(32)33-22(2,3)4)9-7-16-28-18-19(26-12-27-20(18)34-16)25-11-15-14(23)6-5-8-24-15/h6-7,9,13-14H,8,10-12H2,1-5H3,(H,26,27,28);5-6,8,12-13H,7,9-11H2,1-4H3,(H,30,31)(H,25,26,27). The van der Waals surface area contributed by atoms with Crippen molar-refractivity contribution in [3.8, 4) is 0 Å². The maximum atomic E-state index is 13.9. The topological polar surface area (TPSA) is 250 Å². The molecule has 0 saturated heterocycles. The van der Waals surface area contributed by atoms with Crippen molar-refractivity contribution in [1.29, 1.82) is 0 Å². The molecule has 0 bridgehead atoms. The minimum atomic E-state index is -1.00. The van der Waals surface area contributed by atoms with Crippen molar-refractivity contribution in [2.45, 2.75) is 117 Å². The van der Waals surface area contributed by atoms with E-state index in [2.05, 4.69) is 50.5 Å². The Hall–Kier alpha value is -6.82. The zero-order chi connectivity index (χ0) is 50.5. The lowest BCUT2D eigenvalue weighted by molar-refractivity contribution is -0.142. The van der Waals surface area contributed by atoms with Crippen molar-refractivity contribution in [3.05, 3.63) is 82.4 Å². The molecule has 0 aliphatic carbocycles. The highest BCUT2D eigenvalue weighted by Gasteiger charge is 2.29. The molecule has 0 saturated carbocycles. The van der Waals surface area contributed by atoms with Crippen molar-refractivity contribution in [2.75, 3.05) is 30.8 Å². The van der Waals surface area contributed by atoms with Gasteiger partial charge in [0.15, 0.2) is 11.6 Å². The van der Waals surface area contributed by atoms with Crippen LogP contribution < -0.4 is 10.6 Å². The summed E-state index contributed by atoms with van der Waals surface area (Å²) < 4.78 is 43.5. The Morgan fingerprint density at radius 2 is 1.10 bits per heavy atom. The van der Waals surface area contributed by atoms with E-state index < -0.39 is 59.0 Å². The van der Waals surface area contributed by atoms with E-state index >= 15 is 0 Å². The molecule has 6 heterocycles. The molecule has 69 heavy (non-hydrogen) atoms. The number of thiazole rings is 2. The number of rotatable bonds is 18. The van der Waals surface area contributed by atoms with E-state index in [1.54, 1.807) is 55.4 Å². The Bertz CT molecular complexity index is 2710. The highest BCUT2D eigenvalue weighted by atomic mass is 32.1. The molecule has 6 aromatic heterocycles. The molecule has 6 aromatic rings. The number of amides is 2. The Morgan fingerprint density at radius 3 is 1.48 bits per heavy atom. The van der Waals surface area contributed by atoms with Crippen molar-refractivity contribution in [1.82, 2.24) is 49.7 Å². The van der Waals surface area contributed by atoms with E-state index in [1.165, 1.54) is 88.9 Å². The van der Waals surface area contributed by atoms with Gasteiger partial charge in [0.05, 0.1) is 54.4 Å². The van der Waals surface area contributed by atoms with Gasteiger partial charge < -0.3 is 39.8 Å². The number of carboxylic acid groups (broad SMARTS) is 1. The normalized spacial score (nSPS) is 12.3. The summed E-state index contributed by atoms with van der Waals surface area (Å²) in [6.45, 7) is 14.8. The first-order valence-electron chi connectivity index (χ1n) is 21.8. The Balaban J connectivity index is 0.000000258. The second-order valence-electron chi connectivity index (χ2n) is 17.5. The molecule has 2 atom stereocenters. The van der Waals surface area contributed by atoms with Crippen LogP contribution in [0.2, 0.25) is 0 Å². The van der Waals surface area contributed by atoms with Crippen LogP contribution in [-0.2, 0) is 49.7 Å². The van der Waals surface area contributed by atoms with Gasteiger partial charge >= 0.3 is 24.1 Å². The van der Waals surface area contributed by atoms with Crippen LogP contribution in [0.15, 0.2) is 49.3 Å².